The minimum Gasteiger partial charge on any atom is -0.389 e. The molecule has 0 fully saturated rings. The van der Waals surface area contributed by atoms with Crippen LogP contribution in [0.15, 0.2) is 36.8 Å². The van der Waals surface area contributed by atoms with Gasteiger partial charge in [-0.05, 0) is 38.1 Å². The van der Waals surface area contributed by atoms with Crippen molar-refractivity contribution in [2.24, 2.45) is 0 Å². The number of aliphatic hydroxyl groups is 1. The molecule has 5 nitrogen and oxygen atoms in total. The van der Waals surface area contributed by atoms with Gasteiger partial charge in [-0.25, -0.2) is 9.97 Å². The molecule has 0 aliphatic carbocycles. The molecule has 0 aliphatic heterocycles. The van der Waals surface area contributed by atoms with Gasteiger partial charge < -0.3 is 9.67 Å². The Morgan fingerprint density at radius 3 is 2.42 bits per heavy atom. The van der Waals surface area contributed by atoms with E-state index >= 15 is 0 Å². The van der Waals surface area contributed by atoms with Crippen LogP contribution in [0, 0.1) is 0 Å². The number of aromatic nitrogens is 4. The summed E-state index contributed by atoms with van der Waals surface area (Å²) in [5.74, 6) is 0. The van der Waals surface area contributed by atoms with E-state index in [0.717, 1.165) is 12.3 Å². The quantitative estimate of drug-likeness (QED) is 0.797. The van der Waals surface area contributed by atoms with Crippen LogP contribution < -0.4 is 0 Å². The lowest BCUT2D eigenvalue weighted by Crippen LogP contribution is -2.25. The molecule has 0 amide bonds. The Morgan fingerprint density at radius 2 is 1.83 bits per heavy atom. The first kappa shape index (κ1) is 16.4. The van der Waals surface area contributed by atoms with Gasteiger partial charge in [0.2, 0.25) is 0 Å². The number of nitrogens with zero attached hydrogens (tertiary/aromatic N) is 4. The Labute approximate surface area is 135 Å². The third-order valence-electron chi connectivity index (χ3n) is 3.37. The SMILES string of the molecule is CC(C)(O)Cn1cnc2ccc(-c3ccc(C(F)(F)F)nc3)nc21. The highest BCUT2D eigenvalue weighted by Crippen LogP contribution is 2.29. The third-order valence-corrected chi connectivity index (χ3v) is 3.37. The van der Waals surface area contributed by atoms with Crippen LogP contribution >= 0.6 is 0 Å². The van der Waals surface area contributed by atoms with E-state index in [2.05, 4.69) is 15.0 Å². The number of hydrogen-bond acceptors (Lipinski definition) is 4. The van der Waals surface area contributed by atoms with Gasteiger partial charge >= 0.3 is 6.18 Å². The molecule has 24 heavy (non-hydrogen) atoms. The molecule has 3 heterocycles. The van der Waals surface area contributed by atoms with E-state index < -0.39 is 17.5 Å². The highest BCUT2D eigenvalue weighted by Gasteiger charge is 2.32. The molecule has 0 aliphatic rings. The van der Waals surface area contributed by atoms with E-state index in [9.17, 15) is 18.3 Å². The minimum absolute atomic E-state index is 0.297. The molecule has 8 heteroatoms. The summed E-state index contributed by atoms with van der Waals surface area (Å²) in [6.07, 6.45) is -1.75. The lowest BCUT2D eigenvalue weighted by atomic mass is 10.1. The Kier molecular flexibility index (Phi) is 3.79. The second-order valence-electron chi connectivity index (χ2n) is 6.15. The van der Waals surface area contributed by atoms with Crippen molar-refractivity contribution < 1.29 is 18.3 Å². The van der Waals surface area contributed by atoms with E-state index in [-0.39, 0.29) is 0 Å². The van der Waals surface area contributed by atoms with Gasteiger partial charge in [-0.1, -0.05) is 0 Å². The maximum absolute atomic E-state index is 12.6. The second-order valence-corrected chi connectivity index (χ2v) is 6.15. The second kappa shape index (κ2) is 5.55. The smallest absolute Gasteiger partial charge is 0.389 e. The number of pyridine rings is 2. The summed E-state index contributed by atoms with van der Waals surface area (Å²) in [6, 6.07) is 5.67. The largest absolute Gasteiger partial charge is 0.433 e. The standard InChI is InChI=1S/C16H15F3N4O/c1-15(2,24)8-23-9-21-12-5-4-11(22-14(12)23)10-3-6-13(20-7-10)16(17,18)19/h3-7,9,24H,8H2,1-2H3. The molecule has 0 spiro atoms. The predicted octanol–water partition coefficient (Wildman–Crippen LogP) is 3.28. The Balaban J connectivity index is 1.99. The van der Waals surface area contributed by atoms with Gasteiger partial charge in [0, 0.05) is 11.8 Å². The summed E-state index contributed by atoms with van der Waals surface area (Å²) in [5, 5.41) is 9.95. The van der Waals surface area contributed by atoms with Crippen LogP contribution in [-0.4, -0.2) is 30.2 Å². The van der Waals surface area contributed by atoms with Crippen molar-refractivity contribution in [3.63, 3.8) is 0 Å². The molecular weight excluding hydrogens is 321 g/mol. The molecule has 0 bridgehead atoms. The first-order valence-corrected chi connectivity index (χ1v) is 7.21. The summed E-state index contributed by atoms with van der Waals surface area (Å²) >= 11 is 0. The zero-order valence-electron chi connectivity index (χ0n) is 13.0. The summed E-state index contributed by atoms with van der Waals surface area (Å²) < 4.78 is 39.5. The van der Waals surface area contributed by atoms with Crippen molar-refractivity contribution in [2.75, 3.05) is 0 Å². The Morgan fingerprint density at radius 1 is 1.08 bits per heavy atom. The highest BCUT2D eigenvalue weighted by atomic mass is 19.4. The predicted molar refractivity (Wildman–Crippen MR) is 82.1 cm³/mol. The molecule has 0 atom stereocenters. The normalized spacial score (nSPS) is 12.8. The van der Waals surface area contributed by atoms with Gasteiger partial charge in [0.15, 0.2) is 5.65 Å². The maximum Gasteiger partial charge on any atom is 0.433 e. The highest BCUT2D eigenvalue weighted by molar-refractivity contribution is 5.75. The van der Waals surface area contributed by atoms with Gasteiger partial charge in [-0.15, -0.1) is 0 Å². The van der Waals surface area contributed by atoms with Gasteiger partial charge in [0.1, 0.15) is 11.2 Å². The molecule has 3 aromatic heterocycles. The van der Waals surface area contributed by atoms with E-state index in [4.69, 9.17) is 0 Å². The molecular formula is C16H15F3N4O. The molecule has 3 aromatic rings. The lowest BCUT2D eigenvalue weighted by Gasteiger charge is -2.17. The monoisotopic (exact) mass is 336 g/mol. The summed E-state index contributed by atoms with van der Waals surface area (Å²) in [7, 11) is 0. The van der Waals surface area contributed by atoms with Crippen molar-refractivity contribution in [1.82, 2.24) is 19.5 Å². The van der Waals surface area contributed by atoms with Crippen molar-refractivity contribution in [3.8, 4) is 11.3 Å². The van der Waals surface area contributed by atoms with Gasteiger partial charge in [0.05, 0.1) is 24.2 Å². The maximum atomic E-state index is 12.6. The van der Waals surface area contributed by atoms with E-state index in [1.165, 1.54) is 6.07 Å². The fraction of sp³-hybridized carbons (Fsp3) is 0.312. The molecule has 0 saturated carbocycles. The van der Waals surface area contributed by atoms with Crippen LogP contribution in [0.4, 0.5) is 13.2 Å². The van der Waals surface area contributed by atoms with Crippen molar-refractivity contribution in [2.45, 2.75) is 32.2 Å². The van der Waals surface area contributed by atoms with Crippen molar-refractivity contribution >= 4 is 11.2 Å². The van der Waals surface area contributed by atoms with Crippen LogP contribution in [0.2, 0.25) is 0 Å². The van der Waals surface area contributed by atoms with Gasteiger partial charge in [-0.2, -0.15) is 13.2 Å². The van der Waals surface area contributed by atoms with Crippen LogP contribution in [0.1, 0.15) is 19.5 Å². The number of rotatable bonds is 3. The average molecular weight is 336 g/mol. The Hall–Kier alpha value is -2.48. The summed E-state index contributed by atoms with van der Waals surface area (Å²) in [5.41, 5.74) is 0.264. The van der Waals surface area contributed by atoms with Crippen LogP contribution in [0.3, 0.4) is 0 Å². The number of fused-ring (bicyclic) bond motifs is 1. The van der Waals surface area contributed by atoms with Gasteiger partial charge in [-0.3, -0.25) is 4.98 Å². The molecule has 3 rings (SSSR count). The fourth-order valence-electron chi connectivity index (χ4n) is 2.35. The first-order chi connectivity index (χ1) is 11.1. The van der Waals surface area contributed by atoms with Crippen molar-refractivity contribution in [3.05, 3.63) is 42.5 Å². The molecule has 0 saturated heterocycles. The lowest BCUT2D eigenvalue weighted by molar-refractivity contribution is -0.141. The Bertz CT molecular complexity index is 864. The van der Waals surface area contributed by atoms with E-state index in [1.54, 1.807) is 36.9 Å². The zero-order chi connectivity index (χ0) is 17.5. The number of alkyl halides is 3. The molecule has 0 radical (unpaired) electrons. The topological polar surface area (TPSA) is 63.8 Å². The average Bonchev–Trinajstić information content (AvgIpc) is 2.87. The minimum atomic E-state index is -4.47. The van der Waals surface area contributed by atoms with Crippen LogP contribution in [0.25, 0.3) is 22.4 Å². The number of hydrogen-bond donors (Lipinski definition) is 1. The molecule has 0 unspecified atom stereocenters. The van der Waals surface area contributed by atoms with Gasteiger partial charge in [0.25, 0.3) is 0 Å². The third kappa shape index (κ3) is 3.38. The summed E-state index contributed by atoms with van der Waals surface area (Å²) in [4.78, 5) is 12.1. The summed E-state index contributed by atoms with van der Waals surface area (Å²) in [6.45, 7) is 3.64. The molecule has 126 valence electrons. The molecule has 1 N–H and O–H groups in total. The number of imidazole rings is 1. The zero-order valence-corrected chi connectivity index (χ0v) is 13.0. The number of halogens is 3. The van der Waals surface area contributed by atoms with Crippen LogP contribution in [0.5, 0.6) is 0 Å². The van der Waals surface area contributed by atoms with Crippen LogP contribution in [-0.2, 0) is 12.7 Å². The van der Waals surface area contributed by atoms with E-state index in [1.807, 2.05) is 0 Å². The first-order valence-electron chi connectivity index (χ1n) is 7.21. The van der Waals surface area contributed by atoms with Crippen molar-refractivity contribution in [1.29, 1.82) is 0 Å². The molecule has 0 aromatic carbocycles. The van der Waals surface area contributed by atoms with E-state index in [0.29, 0.717) is 29.0 Å². The fourth-order valence-corrected chi connectivity index (χ4v) is 2.35.